The lowest BCUT2D eigenvalue weighted by molar-refractivity contribution is 0.414. The van der Waals surface area contributed by atoms with Crippen LogP contribution in [0, 0.1) is 4.64 Å². The van der Waals surface area contributed by atoms with Crippen LogP contribution in [0.3, 0.4) is 0 Å². The van der Waals surface area contributed by atoms with E-state index in [1.165, 1.54) is 5.56 Å². The summed E-state index contributed by atoms with van der Waals surface area (Å²) in [6.07, 6.45) is 4.43. The van der Waals surface area contributed by atoms with E-state index >= 15 is 0 Å². The predicted molar refractivity (Wildman–Crippen MR) is 112 cm³/mol. The summed E-state index contributed by atoms with van der Waals surface area (Å²) in [5, 5.41) is 6.45. The molecule has 26 heavy (non-hydrogen) atoms. The molecule has 1 aromatic carbocycles. The normalized spacial score (nSPS) is 10.7. The third-order valence-corrected chi connectivity index (χ3v) is 5.97. The summed E-state index contributed by atoms with van der Waals surface area (Å²) in [6, 6.07) is 7.99. The van der Waals surface area contributed by atoms with Crippen LogP contribution in [0.15, 0.2) is 42.0 Å². The molecular weight excluding hydrogens is 384 g/mol. The summed E-state index contributed by atoms with van der Waals surface area (Å²) in [5.74, 6) is 3.49. The molecule has 3 rings (SSSR count). The average Bonchev–Trinajstić information content (AvgIpc) is 3.18. The van der Waals surface area contributed by atoms with Crippen molar-refractivity contribution in [3.63, 3.8) is 0 Å². The van der Waals surface area contributed by atoms with Crippen LogP contribution in [0.4, 0.5) is 5.95 Å². The first-order chi connectivity index (χ1) is 12.7. The lowest BCUT2D eigenvalue weighted by Crippen LogP contribution is -2.08. The Morgan fingerprint density at radius 1 is 1.27 bits per heavy atom. The summed E-state index contributed by atoms with van der Waals surface area (Å²) in [4.78, 5) is 11.9. The Morgan fingerprint density at radius 2 is 2.12 bits per heavy atom. The molecule has 0 bridgehead atoms. The van der Waals surface area contributed by atoms with Gasteiger partial charge in [0.2, 0.25) is 5.95 Å². The second-order valence-electron chi connectivity index (χ2n) is 5.52. The Labute approximate surface area is 166 Å². The van der Waals surface area contributed by atoms with Gasteiger partial charge in [0.15, 0.2) is 0 Å². The molecule has 0 unspecified atom stereocenters. The molecule has 5 nitrogen and oxygen atoms in total. The van der Waals surface area contributed by atoms with Crippen LogP contribution in [0.2, 0.25) is 0 Å². The molecule has 2 heterocycles. The first-order valence-corrected chi connectivity index (χ1v) is 10.6. The number of anilines is 1. The number of aromatic nitrogens is 3. The van der Waals surface area contributed by atoms with E-state index in [0.717, 1.165) is 40.8 Å². The molecule has 0 atom stereocenters. The molecule has 0 aliphatic rings. The topological polar surface area (TPSA) is 62.8 Å². The highest BCUT2D eigenvalue weighted by Gasteiger charge is 2.03. The Kier molecular flexibility index (Phi) is 7.04. The van der Waals surface area contributed by atoms with Gasteiger partial charge < -0.3 is 15.0 Å². The Balaban J connectivity index is 1.48. The van der Waals surface area contributed by atoms with E-state index in [2.05, 4.69) is 20.3 Å². The molecule has 8 heteroatoms. The van der Waals surface area contributed by atoms with Gasteiger partial charge in [0.25, 0.3) is 0 Å². The molecule has 2 aromatic heterocycles. The number of methoxy groups -OCH3 is 1. The first-order valence-electron chi connectivity index (χ1n) is 8.15. The minimum absolute atomic E-state index is 0.711. The highest BCUT2D eigenvalue weighted by Crippen LogP contribution is 2.16. The second kappa shape index (κ2) is 9.70. The van der Waals surface area contributed by atoms with Gasteiger partial charge in [0.1, 0.15) is 15.4 Å². The van der Waals surface area contributed by atoms with Gasteiger partial charge in [0.05, 0.1) is 7.11 Å². The van der Waals surface area contributed by atoms with Gasteiger partial charge in [-0.1, -0.05) is 24.4 Å². The van der Waals surface area contributed by atoms with Crippen molar-refractivity contribution in [1.29, 1.82) is 0 Å². The maximum atomic E-state index is 5.47. The van der Waals surface area contributed by atoms with E-state index in [4.69, 9.17) is 17.0 Å². The van der Waals surface area contributed by atoms with Crippen LogP contribution >= 0.6 is 35.3 Å². The maximum Gasteiger partial charge on any atom is 0.201 e. The summed E-state index contributed by atoms with van der Waals surface area (Å²) in [5.41, 5.74) is 2.18. The lowest BCUT2D eigenvalue weighted by Gasteiger charge is -2.08. The highest BCUT2D eigenvalue weighted by molar-refractivity contribution is 7.98. The van der Waals surface area contributed by atoms with Crippen molar-refractivity contribution in [3.05, 3.63) is 62.8 Å². The van der Waals surface area contributed by atoms with Crippen LogP contribution in [0.1, 0.15) is 16.1 Å². The fraction of sp³-hybridized carbons (Fsp3) is 0.278. The first kappa shape index (κ1) is 18.9. The average molecular weight is 405 g/mol. The number of nitrogens with one attached hydrogen (secondary N) is 2. The lowest BCUT2D eigenvalue weighted by atomic mass is 10.1. The number of rotatable bonds is 9. The van der Waals surface area contributed by atoms with Crippen LogP contribution in [-0.4, -0.2) is 34.4 Å². The van der Waals surface area contributed by atoms with Crippen molar-refractivity contribution < 1.29 is 4.74 Å². The zero-order chi connectivity index (χ0) is 18.2. The fourth-order valence-electron chi connectivity index (χ4n) is 2.33. The number of aromatic amines is 1. The highest BCUT2D eigenvalue weighted by atomic mass is 32.2. The monoisotopic (exact) mass is 404 g/mol. The Hall–Kier alpha value is -1.90. The SMILES string of the molecule is COc1ccc(Cc2cnc(NCCSCc3nccs3)[nH]c2=S)cc1. The van der Waals surface area contributed by atoms with Gasteiger partial charge in [-0.05, 0) is 17.7 Å². The van der Waals surface area contributed by atoms with Crippen molar-refractivity contribution in [2.75, 3.05) is 24.7 Å². The molecule has 0 saturated heterocycles. The van der Waals surface area contributed by atoms with Crippen molar-refractivity contribution in [3.8, 4) is 5.75 Å². The van der Waals surface area contributed by atoms with Crippen molar-refractivity contribution in [1.82, 2.24) is 15.0 Å². The number of thiazole rings is 1. The zero-order valence-corrected chi connectivity index (χ0v) is 16.8. The molecule has 0 aliphatic carbocycles. The van der Waals surface area contributed by atoms with E-state index in [-0.39, 0.29) is 0 Å². The summed E-state index contributed by atoms with van der Waals surface area (Å²) < 4.78 is 5.90. The number of benzene rings is 1. The standard InChI is InChI=1S/C18H20N4OS3/c1-23-15-4-2-13(3-5-15)10-14-11-21-18(22-17(14)24)20-6-8-25-12-16-19-7-9-26-16/h2-5,7,9,11H,6,8,10,12H2,1H3,(H2,20,21,22,24). The Morgan fingerprint density at radius 3 is 2.81 bits per heavy atom. The number of hydrogen-bond acceptors (Lipinski definition) is 7. The van der Waals surface area contributed by atoms with E-state index in [0.29, 0.717) is 10.6 Å². The smallest absolute Gasteiger partial charge is 0.201 e. The molecule has 3 aromatic rings. The quantitative estimate of drug-likeness (QED) is 0.403. The minimum Gasteiger partial charge on any atom is -0.497 e. The van der Waals surface area contributed by atoms with E-state index in [1.54, 1.807) is 18.4 Å². The molecule has 0 spiro atoms. The third kappa shape index (κ3) is 5.55. The van der Waals surface area contributed by atoms with Crippen LogP contribution in [-0.2, 0) is 12.2 Å². The van der Waals surface area contributed by atoms with E-state index in [9.17, 15) is 0 Å². The molecular formula is C18H20N4OS3. The fourth-order valence-corrected chi connectivity index (χ4v) is 4.11. The largest absolute Gasteiger partial charge is 0.497 e. The molecule has 136 valence electrons. The second-order valence-corrected chi connectivity index (χ2v) is 8.01. The van der Waals surface area contributed by atoms with E-state index in [1.807, 2.05) is 53.8 Å². The van der Waals surface area contributed by atoms with Crippen LogP contribution in [0.25, 0.3) is 0 Å². The Bertz CT molecular complexity index is 863. The molecule has 0 fully saturated rings. The molecule has 0 aliphatic heterocycles. The van der Waals surface area contributed by atoms with Gasteiger partial charge in [0, 0.05) is 47.8 Å². The minimum atomic E-state index is 0.711. The van der Waals surface area contributed by atoms with Crippen LogP contribution < -0.4 is 10.1 Å². The molecule has 0 amide bonds. The van der Waals surface area contributed by atoms with Gasteiger partial charge in [-0.25, -0.2) is 9.97 Å². The van der Waals surface area contributed by atoms with Gasteiger partial charge in [-0.3, -0.25) is 0 Å². The molecule has 0 radical (unpaired) electrons. The summed E-state index contributed by atoms with van der Waals surface area (Å²) >= 11 is 9.01. The van der Waals surface area contributed by atoms with Crippen LogP contribution in [0.5, 0.6) is 5.75 Å². The molecule has 2 N–H and O–H groups in total. The van der Waals surface area contributed by atoms with Gasteiger partial charge >= 0.3 is 0 Å². The number of thioether (sulfide) groups is 1. The van der Waals surface area contributed by atoms with Crippen molar-refractivity contribution in [2.24, 2.45) is 0 Å². The van der Waals surface area contributed by atoms with Crippen molar-refractivity contribution in [2.45, 2.75) is 12.2 Å². The van der Waals surface area contributed by atoms with Crippen molar-refractivity contribution >= 4 is 41.3 Å². The number of H-pyrrole nitrogens is 1. The summed E-state index contributed by atoms with van der Waals surface area (Å²) in [7, 11) is 1.67. The van der Waals surface area contributed by atoms with Gasteiger partial charge in [-0.15, -0.1) is 11.3 Å². The maximum absolute atomic E-state index is 5.47. The third-order valence-electron chi connectivity index (χ3n) is 3.67. The zero-order valence-electron chi connectivity index (χ0n) is 14.4. The van der Waals surface area contributed by atoms with E-state index < -0.39 is 0 Å². The number of ether oxygens (including phenoxy) is 1. The summed E-state index contributed by atoms with van der Waals surface area (Å²) in [6.45, 7) is 0.826. The molecule has 0 saturated carbocycles. The van der Waals surface area contributed by atoms with Gasteiger partial charge in [-0.2, -0.15) is 11.8 Å². The predicted octanol–water partition coefficient (Wildman–Crippen LogP) is 4.54. The number of hydrogen-bond donors (Lipinski definition) is 2. The number of nitrogens with zero attached hydrogens (tertiary/aromatic N) is 2.